The van der Waals surface area contributed by atoms with Gasteiger partial charge >= 0.3 is 6.03 Å². The Morgan fingerprint density at radius 3 is 2.46 bits per heavy atom. The molecule has 1 fully saturated rings. The zero-order valence-corrected chi connectivity index (χ0v) is 28.6. The van der Waals surface area contributed by atoms with Crippen molar-refractivity contribution in [1.82, 2.24) is 19.7 Å². The molecule has 2 aromatic carbocycles. The van der Waals surface area contributed by atoms with Gasteiger partial charge in [0.05, 0.1) is 54.0 Å². The van der Waals surface area contributed by atoms with Crippen molar-refractivity contribution in [3.63, 3.8) is 0 Å². The molecule has 1 aliphatic rings. The van der Waals surface area contributed by atoms with Gasteiger partial charge in [0.2, 0.25) is 5.91 Å². The van der Waals surface area contributed by atoms with Crippen LogP contribution in [0.25, 0.3) is 10.9 Å². The van der Waals surface area contributed by atoms with Crippen molar-refractivity contribution in [2.24, 2.45) is 0 Å². The largest absolute Gasteiger partial charge is 0.489 e. The lowest BCUT2D eigenvalue weighted by Crippen LogP contribution is -2.38. The number of nitrogens with one attached hydrogen (secondary N) is 3. The number of morpholine rings is 1. The number of amides is 3. The number of pyridine rings is 1. The molecule has 3 heterocycles. The van der Waals surface area contributed by atoms with Gasteiger partial charge in [-0.1, -0.05) is 32.4 Å². The molecule has 2 aromatic heterocycles. The smallest absolute Gasteiger partial charge is 0.324 e. The fraction of sp³-hybridized carbons (Fsp3) is 0.412. The zero-order valence-electron chi connectivity index (χ0n) is 27.9. The second-order valence-electron chi connectivity index (χ2n) is 12.4. The molecule has 1 aliphatic heterocycles. The van der Waals surface area contributed by atoms with Crippen LogP contribution in [0.2, 0.25) is 5.02 Å². The van der Waals surface area contributed by atoms with E-state index >= 15 is 0 Å². The zero-order chi connectivity index (χ0) is 34.3. The molecule has 256 valence electrons. The lowest BCUT2D eigenvalue weighted by Gasteiger charge is -2.26. The third kappa shape index (κ3) is 9.13. The number of hydrogen-bond donors (Lipinski definition) is 3. The lowest BCUT2D eigenvalue weighted by atomic mass is 9.92. The van der Waals surface area contributed by atoms with Gasteiger partial charge < -0.3 is 29.6 Å². The lowest BCUT2D eigenvalue weighted by molar-refractivity contribution is -0.114. The van der Waals surface area contributed by atoms with Crippen molar-refractivity contribution < 1.29 is 28.5 Å². The molecule has 1 saturated heterocycles. The maximum Gasteiger partial charge on any atom is 0.324 e. The van der Waals surface area contributed by atoms with E-state index in [4.69, 9.17) is 35.6 Å². The highest BCUT2D eigenvalue weighted by atomic mass is 35.5. The minimum atomic E-state index is -0.451. The fourth-order valence-electron chi connectivity index (χ4n) is 5.05. The highest BCUT2D eigenvalue weighted by Gasteiger charge is 2.22. The molecule has 48 heavy (non-hydrogen) atoms. The fourth-order valence-corrected chi connectivity index (χ4v) is 5.27. The van der Waals surface area contributed by atoms with E-state index in [-0.39, 0.29) is 16.3 Å². The summed E-state index contributed by atoms with van der Waals surface area (Å²) in [7, 11) is 1.58. The van der Waals surface area contributed by atoms with E-state index in [1.807, 2.05) is 10.7 Å². The summed E-state index contributed by atoms with van der Waals surface area (Å²) in [6, 6.07) is 11.6. The quantitative estimate of drug-likeness (QED) is 0.151. The average Bonchev–Trinajstić information content (AvgIpc) is 3.45. The first kappa shape index (κ1) is 34.9. The summed E-state index contributed by atoms with van der Waals surface area (Å²) in [6.45, 7) is 13.0. The molecular weight excluding hydrogens is 638 g/mol. The average molecular weight is 680 g/mol. The standard InChI is InChI=1S/C34H42ClN7O6/c1-22(43)37-28-19-24-27(20-30(28)47-17-16-45-5)36-9-8-29(24)48-23-6-7-26(25(35)18-23)38-33(44)39-32-21-31(34(2,3)4)40-42(32)11-10-41-12-14-46-15-13-41/h6-9,18-21H,10-17H2,1-5H3,(H,37,43)(H2,38,39,44). The topological polar surface area (TPSA) is 141 Å². The Balaban J connectivity index is 1.29. The Morgan fingerprint density at radius 2 is 1.75 bits per heavy atom. The number of aromatic nitrogens is 3. The summed E-state index contributed by atoms with van der Waals surface area (Å²) in [6.07, 6.45) is 1.62. The van der Waals surface area contributed by atoms with Crippen LogP contribution in [-0.4, -0.2) is 84.8 Å². The highest BCUT2D eigenvalue weighted by Crippen LogP contribution is 2.37. The number of hydrogen-bond acceptors (Lipinski definition) is 9. The van der Waals surface area contributed by atoms with Crippen LogP contribution in [-0.2, 0) is 26.2 Å². The number of methoxy groups -OCH3 is 1. The van der Waals surface area contributed by atoms with E-state index in [9.17, 15) is 9.59 Å². The Bertz CT molecular complexity index is 1750. The van der Waals surface area contributed by atoms with Crippen molar-refractivity contribution in [3.8, 4) is 17.2 Å². The summed E-state index contributed by atoms with van der Waals surface area (Å²) < 4.78 is 24.4. The van der Waals surface area contributed by atoms with Crippen molar-refractivity contribution in [1.29, 1.82) is 0 Å². The van der Waals surface area contributed by atoms with Crippen molar-refractivity contribution in [2.45, 2.75) is 39.7 Å². The van der Waals surface area contributed by atoms with Gasteiger partial charge in [-0.2, -0.15) is 5.10 Å². The number of rotatable bonds is 12. The van der Waals surface area contributed by atoms with Crippen LogP contribution in [0.15, 0.2) is 48.7 Å². The maximum absolute atomic E-state index is 13.2. The third-order valence-corrected chi connectivity index (χ3v) is 7.91. The van der Waals surface area contributed by atoms with E-state index in [0.29, 0.717) is 65.1 Å². The predicted octanol–water partition coefficient (Wildman–Crippen LogP) is 6.13. The second-order valence-corrected chi connectivity index (χ2v) is 12.8. The molecule has 0 radical (unpaired) electrons. The molecule has 3 N–H and O–H groups in total. The third-order valence-electron chi connectivity index (χ3n) is 7.60. The minimum Gasteiger partial charge on any atom is -0.489 e. The molecule has 14 heteroatoms. The number of ether oxygens (including phenoxy) is 4. The van der Waals surface area contributed by atoms with Crippen LogP contribution in [0.3, 0.4) is 0 Å². The van der Waals surface area contributed by atoms with Crippen LogP contribution < -0.4 is 25.4 Å². The Kier molecular flexibility index (Phi) is 11.4. The molecule has 0 saturated carbocycles. The number of nitrogens with zero attached hydrogens (tertiary/aromatic N) is 4. The van der Waals surface area contributed by atoms with Gasteiger partial charge in [0.15, 0.2) is 0 Å². The number of fused-ring (bicyclic) bond motifs is 1. The summed E-state index contributed by atoms with van der Waals surface area (Å²) >= 11 is 6.61. The van der Waals surface area contributed by atoms with Crippen LogP contribution in [0, 0.1) is 0 Å². The maximum atomic E-state index is 13.2. The monoisotopic (exact) mass is 679 g/mol. The van der Waals surface area contributed by atoms with Gasteiger partial charge in [-0.3, -0.25) is 20.0 Å². The Hall–Kier alpha value is -4.43. The van der Waals surface area contributed by atoms with Gasteiger partial charge in [-0.05, 0) is 24.3 Å². The number of carbonyl (C=O) groups is 2. The van der Waals surface area contributed by atoms with Gasteiger partial charge in [0.25, 0.3) is 0 Å². The van der Waals surface area contributed by atoms with Gasteiger partial charge in [0.1, 0.15) is 29.7 Å². The Labute approximate surface area is 284 Å². The second kappa shape index (κ2) is 15.6. The van der Waals surface area contributed by atoms with Crippen molar-refractivity contribution in [3.05, 3.63) is 59.4 Å². The molecule has 3 amide bonds. The first-order valence-electron chi connectivity index (χ1n) is 15.8. The molecule has 0 unspecified atom stereocenters. The molecular formula is C34H42ClN7O6. The van der Waals surface area contributed by atoms with Crippen molar-refractivity contribution >= 4 is 51.6 Å². The summed E-state index contributed by atoms with van der Waals surface area (Å²) in [5.74, 6) is 1.74. The first-order chi connectivity index (χ1) is 23.0. The normalized spacial score (nSPS) is 13.7. The molecule has 13 nitrogen and oxygen atoms in total. The molecule has 0 spiro atoms. The predicted molar refractivity (Wildman–Crippen MR) is 186 cm³/mol. The van der Waals surface area contributed by atoms with E-state index in [1.54, 1.807) is 49.7 Å². The first-order valence-corrected chi connectivity index (χ1v) is 16.1. The van der Waals surface area contributed by atoms with Crippen LogP contribution in [0.1, 0.15) is 33.4 Å². The summed E-state index contributed by atoms with van der Waals surface area (Å²) in [5, 5.41) is 14.3. The number of anilines is 3. The van der Waals surface area contributed by atoms with Crippen LogP contribution >= 0.6 is 11.6 Å². The molecule has 4 aromatic rings. The SMILES string of the molecule is COCCOc1cc2nccc(Oc3ccc(NC(=O)Nc4cc(C(C)(C)C)nn4CCN4CCOCC4)c(Cl)c3)c2cc1NC(C)=O. The van der Waals surface area contributed by atoms with Gasteiger partial charge in [-0.15, -0.1) is 0 Å². The van der Waals surface area contributed by atoms with E-state index in [1.165, 1.54) is 6.92 Å². The number of carbonyl (C=O) groups excluding carboxylic acids is 2. The number of urea groups is 1. The number of halogens is 1. The molecule has 0 aliphatic carbocycles. The van der Waals surface area contributed by atoms with E-state index in [0.717, 1.165) is 38.5 Å². The van der Waals surface area contributed by atoms with Gasteiger partial charge in [0, 0.05) is 68.9 Å². The minimum absolute atomic E-state index is 0.192. The summed E-state index contributed by atoms with van der Waals surface area (Å²) in [4.78, 5) is 31.8. The van der Waals surface area contributed by atoms with E-state index in [2.05, 4.69) is 46.6 Å². The number of benzene rings is 2. The molecule has 0 atom stereocenters. The molecule has 0 bridgehead atoms. The van der Waals surface area contributed by atoms with Crippen LogP contribution in [0.5, 0.6) is 17.2 Å². The van der Waals surface area contributed by atoms with E-state index < -0.39 is 6.03 Å². The van der Waals surface area contributed by atoms with Gasteiger partial charge in [-0.25, -0.2) is 9.48 Å². The van der Waals surface area contributed by atoms with Crippen LogP contribution in [0.4, 0.5) is 22.0 Å². The van der Waals surface area contributed by atoms with Crippen molar-refractivity contribution in [2.75, 3.05) is 69.1 Å². The summed E-state index contributed by atoms with van der Waals surface area (Å²) in [5.41, 5.74) is 2.17. The Morgan fingerprint density at radius 1 is 0.958 bits per heavy atom. The highest BCUT2D eigenvalue weighted by molar-refractivity contribution is 6.34. The molecule has 5 rings (SSSR count).